The van der Waals surface area contributed by atoms with Crippen LogP contribution in [-0.4, -0.2) is 25.8 Å². The van der Waals surface area contributed by atoms with Crippen LogP contribution in [0.25, 0.3) is 0 Å². The lowest BCUT2D eigenvalue weighted by atomic mass is 10.3. The number of hydrogen-bond donors (Lipinski definition) is 1. The van der Waals surface area contributed by atoms with Gasteiger partial charge in [0.05, 0.1) is 6.10 Å². The Balaban J connectivity index is 2.18. The third-order valence-electron chi connectivity index (χ3n) is 1.68. The van der Waals surface area contributed by atoms with Gasteiger partial charge in [0.2, 0.25) is 0 Å². The summed E-state index contributed by atoms with van der Waals surface area (Å²) in [4.78, 5) is 0. The van der Waals surface area contributed by atoms with Gasteiger partial charge < -0.3 is 10.1 Å². The summed E-state index contributed by atoms with van der Waals surface area (Å²) in [5, 5.41) is 3.32. The van der Waals surface area contributed by atoms with Gasteiger partial charge in [-0.25, -0.2) is 0 Å². The lowest BCUT2D eigenvalue weighted by Gasteiger charge is -2.10. The predicted molar refractivity (Wildman–Crippen MR) is 37.5 cm³/mol. The van der Waals surface area contributed by atoms with Gasteiger partial charge in [0.25, 0.3) is 0 Å². The van der Waals surface area contributed by atoms with Gasteiger partial charge in [-0.3, -0.25) is 0 Å². The van der Waals surface area contributed by atoms with Crippen LogP contribution in [0.5, 0.6) is 0 Å². The first-order valence-electron chi connectivity index (χ1n) is 3.76. The highest BCUT2D eigenvalue weighted by Gasteiger charge is 2.07. The summed E-state index contributed by atoms with van der Waals surface area (Å²) in [6.45, 7) is 5.26. The van der Waals surface area contributed by atoms with E-state index < -0.39 is 0 Å². The fourth-order valence-electron chi connectivity index (χ4n) is 1.03. The molecule has 0 bridgehead atoms. The first kappa shape index (κ1) is 7.03. The minimum Gasteiger partial charge on any atom is -0.377 e. The molecule has 54 valence electrons. The average Bonchev–Trinajstić information content (AvgIpc) is 2.13. The molecule has 0 amide bonds. The van der Waals surface area contributed by atoms with Gasteiger partial charge in [-0.1, -0.05) is 6.92 Å². The molecule has 1 aliphatic heterocycles. The fourth-order valence-corrected chi connectivity index (χ4v) is 1.03. The normalized spacial score (nSPS) is 29.7. The van der Waals surface area contributed by atoms with E-state index in [1.807, 2.05) is 0 Å². The van der Waals surface area contributed by atoms with E-state index >= 15 is 0 Å². The van der Waals surface area contributed by atoms with Crippen molar-refractivity contribution < 1.29 is 4.74 Å². The minimum absolute atomic E-state index is 0.465. The van der Waals surface area contributed by atoms with Crippen molar-refractivity contribution in [3.63, 3.8) is 0 Å². The first-order valence-corrected chi connectivity index (χ1v) is 3.76. The number of ether oxygens (including phenoxy) is 1. The quantitative estimate of drug-likeness (QED) is 0.564. The molecule has 0 radical (unpaired) electrons. The van der Waals surface area contributed by atoms with E-state index in [4.69, 9.17) is 4.74 Å². The summed E-state index contributed by atoms with van der Waals surface area (Å²) in [7, 11) is 0. The summed E-state index contributed by atoms with van der Waals surface area (Å²) in [5.74, 6) is 0. The molecule has 9 heavy (non-hydrogen) atoms. The third kappa shape index (κ3) is 2.33. The van der Waals surface area contributed by atoms with Gasteiger partial charge in [0.15, 0.2) is 0 Å². The third-order valence-corrected chi connectivity index (χ3v) is 1.68. The molecule has 0 saturated carbocycles. The van der Waals surface area contributed by atoms with Crippen LogP contribution in [0.3, 0.4) is 0 Å². The maximum atomic E-state index is 5.49. The highest BCUT2D eigenvalue weighted by atomic mass is 16.5. The number of hydrogen-bond acceptors (Lipinski definition) is 2. The van der Waals surface area contributed by atoms with E-state index in [9.17, 15) is 0 Å². The van der Waals surface area contributed by atoms with E-state index in [1.54, 1.807) is 0 Å². The Hall–Kier alpha value is -0.0800. The van der Waals surface area contributed by atoms with E-state index in [0.717, 1.165) is 32.5 Å². The van der Waals surface area contributed by atoms with Gasteiger partial charge in [0, 0.05) is 13.2 Å². The summed E-state index contributed by atoms with van der Waals surface area (Å²) < 4.78 is 5.49. The summed E-state index contributed by atoms with van der Waals surface area (Å²) in [5.41, 5.74) is 0. The zero-order chi connectivity index (χ0) is 6.53. The minimum atomic E-state index is 0.465. The van der Waals surface area contributed by atoms with Gasteiger partial charge in [-0.15, -0.1) is 0 Å². The van der Waals surface area contributed by atoms with Gasteiger partial charge in [-0.05, 0) is 19.4 Å². The topological polar surface area (TPSA) is 21.3 Å². The van der Waals surface area contributed by atoms with Crippen LogP contribution in [0.4, 0.5) is 0 Å². The van der Waals surface area contributed by atoms with Crippen molar-refractivity contribution in [2.45, 2.75) is 25.9 Å². The second-order valence-electron chi connectivity index (χ2n) is 2.46. The Morgan fingerprint density at radius 3 is 3.33 bits per heavy atom. The number of nitrogens with one attached hydrogen (secondary N) is 1. The van der Waals surface area contributed by atoms with E-state index in [1.165, 1.54) is 0 Å². The monoisotopic (exact) mass is 129 g/mol. The maximum Gasteiger partial charge on any atom is 0.0696 e. The molecule has 0 unspecified atom stereocenters. The molecule has 1 N–H and O–H groups in total. The molecule has 2 nitrogen and oxygen atoms in total. The molecular formula is C7H15NO. The molecule has 1 fully saturated rings. The molecule has 1 aliphatic rings. The lowest BCUT2D eigenvalue weighted by Crippen LogP contribution is -2.25. The smallest absolute Gasteiger partial charge is 0.0696 e. The molecule has 1 saturated heterocycles. The van der Waals surface area contributed by atoms with E-state index in [-0.39, 0.29) is 0 Å². The Kier molecular flexibility index (Phi) is 3.01. The van der Waals surface area contributed by atoms with Crippen molar-refractivity contribution in [1.82, 2.24) is 5.32 Å². The molecule has 0 aromatic rings. The van der Waals surface area contributed by atoms with Crippen molar-refractivity contribution >= 4 is 0 Å². The highest BCUT2D eigenvalue weighted by molar-refractivity contribution is 4.62. The molecule has 0 aliphatic carbocycles. The lowest BCUT2D eigenvalue weighted by molar-refractivity contribution is 0.0647. The van der Waals surface area contributed by atoms with Crippen molar-refractivity contribution in [1.29, 1.82) is 0 Å². The standard InChI is InChI=1S/C7H15NO/c1-2-7-6-8-4-3-5-9-7/h7-8H,2-6H2,1H3/t7-/m0/s1. The fraction of sp³-hybridized carbons (Fsp3) is 1.00. The van der Waals surface area contributed by atoms with Crippen LogP contribution in [0.2, 0.25) is 0 Å². The Morgan fingerprint density at radius 2 is 2.56 bits per heavy atom. The molecule has 0 aromatic heterocycles. The van der Waals surface area contributed by atoms with E-state index in [0.29, 0.717) is 6.10 Å². The molecule has 2 heteroatoms. The first-order chi connectivity index (χ1) is 4.43. The van der Waals surface area contributed by atoms with Crippen LogP contribution >= 0.6 is 0 Å². The Morgan fingerprint density at radius 1 is 1.67 bits per heavy atom. The second kappa shape index (κ2) is 3.85. The summed E-state index contributed by atoms with van der Waals surface area (Å²) in [6, 6.07) is 0. The van der Waals surface area contributed by atoms with Crippen LogP contribution in [0, 0.1) is 0 Å². The van der Waals surface area contributed by atoms with Crippen LogP contribution < -0.4 is 5.32 Å². The molecule has 0 spiro atoms. The second-order valence-corrected chi connectivity index (χ2v) is 2.46. The molecular weight excluding hydrogens is 114 g/mol. The van der Waals surface area contributed by atoms with Gasteiger partial charge in [0.1, 0.15) is 0 Å². The zero-order valence-corrected chi connectivity index (χ0v) is 6.02. The Labute approximate surface area is 56.6 Å². The number of rotatable bonds is 1. The molecule has 1 rings (SSSR count). The van der Waals surface area contributed by atoms with Gasteiger partial charge >= 0.3 is 0 Å². The van der Waals surface area contributed by atoms with Gasteiger partial charge in [-0.2, -0.15) is 0 Å². The SMILES string of the molecule is CC[C@H]1CNCCCO1. The van der Waals surface area contributed by atoms with E-state index in [2.05, 4.69) is 12.2 Å². The van der Waals surface area contributed by atoms with Crippen molar-refractivity contribution in [2.24, 2.45) is 0 Å². The Bertz CT molecular complexity index is 67.3. The molecule has 1 heterocycles. The molecule has 1 atom stereocenters. The maximum absolute atomic E-state index is 5.49. The van der Waals surface area contributed by atoms with Crippen LogP contribution in [-0.2, 0) is 4.74 Å². The van der Waals surface area contributed by atoms with Crippen LogP contribution in [0.1, 0.15) is 19.8 Å². The highest BCUT2D eigenvalue weighted by Crippen LogP contribution is 2.00. The average molecular weight is 129 g/mol. The molecule has 0 aromatic carbocycles. The van der Waals surface area contributed by atoms with Crippen molar-refractivity contribution in [3.8, 4) is 0 Å². The van der Waals surface area contributed by atoms with Crippen molar-refractivity contribution in [3.05, 3.63) is 0 Å². The summed E-state index contributed by atoms with van der Waals surface area (Å²) >= 11 is 0. The largest absolute Gasteiger partial charge is 0.377 e. The predicted octanol–water partition coefficient (Wildman–Crippen LogP) is 0.775. The summed E-state index contributed by atoms with van der Waals surface area (Å²) in [6.07, 6.45) is 2.76. The zero-order valence-electron chi connectivity index (χ0n) is 6.02. The van der Waals surface area contributed by atoms with Crippen LogP contribution in [0.15, 0.2) is 0 Å². The van der Waals surface area contributed by atoms with Crippen molar-refractivity contribution in [2.75, 3.05) is 19.7 Å².